The summed E-state index contributed by atoms with van der Waals surface area (Å²) in [6, 6.07) is 7.04. The topological polar surface area (TPSA) is 88.2 Å². The second kappa shape index (κ2) is 6.47. The first-order chi connectivity index (χ1) is 11.0. The number of hydrogen-bond acceptors (Lipinski definition) is 6. The van der Waals surface area contributed by atoms with E-state index >= 15 is 0 Å². The van der Waals surface area contributed by atoms with E-state index in [9.17, 15) is 9.90 Å². The number of carbonyl (C=O) groups is 1. The molecule has 0 saturated heterocycles. The first-order valence-electron chi connectivity index (χ1n) is 7.30. The molecule has 2 N–H and O–H groups in total. The van der Waals surface area contributed by atoms with E-state index in [0.717, 1.165) is 28.6 Å². The number of amides is 1. The van der Waals surface area contributed by atoms with E-state index in [4.69, 9.17) is 4.42 Å². The van der Waals surface area contributed by atoms with Gasteiger partial charge in [0, 0.05) is 17.7 Å². The molecule has 3 rings (SSSR count). The van der Waals surface area contributed by atoms with Crippen molar-refractivity contribution >= 4 is 28.7 Å². The number of aromatic nitrogens is 2. The molecule has 1 atom stereocenters. The lowest BCUT2D eigenvalue weighted by atomic mass is 10.1. The van der Waals surface area contributed by atoms with Crippen LogP contribution >= 0.6 is 11.7 Å². The summed E-state index contributed by atoms with van der Waals surface area (Å²) in [5, 5.41) is 13.0. The number of carbonyl (C=O) groups excluding carboxylic acids is 1. The normalized spacial score (nSPS) is 12.5. The molecule has 0 spiro atoms. The van der Waals surface area contributed by atoms with Crippen molar-refractivity contribution in [3.8, 4) is 0 Å². The number of nitrogens with one attached hydrogen (secondary N) is 1. The molecule has 6 nitrogen and oxygen atoms in total. The molecule has 0 aliphatic heterocycles. The summed E-state index contributed by atoms with van der Waals surface area (Å²) < 4.78 is 13.6. The van der Waals surface area contributed by atoms with E-state index in [2.05, 4.69) is 14.1 Å². The summed E-state index contributed by atoms with van der Waals surface area (Å²) in [7, 11) is 0. The molecule has 3 aromatic rings. The molecule has 0 aliphatic carbocycles. The number of aryl methyl sites for hydroxylation is 2. The Kier molecular flexibility index (Phi) is 4.40. The third kappa shape index (κ3) is 3.40. The molecule has 2 aromatic heterocycles. The summed E-state index contributed by atoms with van der Waals surface area (Å²) in [5.41, 5.74) is 2.81. The fraction of sp³-hybridized carbons (Fsp3) is 0.312. The van der Waals surface area contributed by atoms with Crippen molar-refractivity contribution < 1.29 is 14.3 Å². The Bertz CT molecular complexity index is 840. The predicted octanol–water partition coefficient (Wildman–Crippen LogP) is 2.75. The van der Waals surface area contributed by atoms with Crippen molar-refractivity contribution in [3.05, 3.63) is 46.9 Å². The molecule has 1 aromatic carbocycles. The Morgan fingerprint density at radius 2 is 2.09 bits per heavy atom. The van der Waals surface area contributed by atoms with Crippen LogP contribution in [0.4, 0.5) is 0 Å². The van der Waals surface area contributed by atoms with Crippen molar-refractivity contribution in [2.45, 2.75) is 26.4 Å². The van der Waals surface area contributed by atoms with Crippen LogP contribution in [-0.2, 0) is 0 Å². The monoisotopic (exact) mass is 331 g/mol. The molecule has 0 saturated carbocycles. The van der Waals surface area contributed by atoms with E-state index in [1.165, 1.54) is 0 Å². The van der Waals surface area contributed by atoms with Crippen molar-refractivity contribution in [3.63, 3.8) is 0 Å². The van der Waals surface area contributed by atoms with Gasteiger partial charge < -0.3 is 14.8 Å². The Morgan fingerprint density at radius 3 is 2.83 bits per heavy atom. The highest BCUT2D eigenvalue weighted by Gasteiger charge is 2.15. The molecule has 23 heavy (non-hydrogen) atoms. The predicted molar refractivity (Wildman–Crippen MR) is 87.5 cm³/mol. The number of aliphatic hydroxyl groups is 1. The summed E-state index contributed by atoms with van der Waals surface area (Å²) >= 11 is 1.12. The fourth-order valence-corrected chi connectivity index (χ4v) is 3.00. The lowest BCUT2D eigenvalue weighted by molar-refractivity contribution is 0.0942. The van der Waals surface area contributed by atoms with E-state index in [1.54, 1.807) is 18.2 Å². The lowest BCUT2D eigenvalue weighted by Gasteiger charge is -2.10. The zero-order valence-electron chi connectivity index (χ0n) is 12.9. The van der Waals surface area contributed by atoms with Crippen LogP contribution in [0, 0.1) is 13.8 Å². The summed E-state index contributed by atoms with van der Waals surface area (Å²) in [6.07, 6.45) is -0.232. The molecular formula is C16H17N3O3S. The van der Waals surface area contributed by atoms with Crippen LogP contribution in [0.2, 0.25) is 0 Å². The zero-order chi connectivity index (χ0) is 16.4. The van der Waals surface area contributed by atoms with Gasteiger partial charge in [-0.2, -0.15) is 8.75 Å². The summed E-state index contributed by atoms with van der Waals surface area (Å²) in [6.45, 7) is 4.03. The van der Waals surface area contributed by atoms with Gasteiger partial charge in [-0.25, -0.2) is 0 Å². The second-order valence-corrected chi connectivity index (χ2v) is 5.93. The molecule has 0 bridgehead atoms. The highest BCUT2D eigenvalue weighted by atomic mass is 32.1. The number of benzene rings is 1. The van der Waals surface area contributed by atoms with Crippen molar-refractivity contribution in [1.82, 2.24) is 14.1 Å². The number of rotatable bonds is 5. The van der Waals surface area contributed by atoms with Crippen molar-refractivity contribution in [2.75, 3.05) is 6.54 Å². The maximum absolute atomic E-state index is 12.1. The third-order valence-electron chi connectivity index (χ3n) is 3.66. The van der Waals surface area contributed by atoms with Gasteiger partial charge in [0.1, 0.15) is 22.6 Å². The van der Waals surface area contributed by atoms with E-state index < -0.39 is 6.10 Å². The fourth-order valence-electron chi connectivity index (χ4n) is 2.48. The van der Waals surface area contributed by atoms with Gasteiger partial charge in [-0.1, -0.05) is 0 Å². The number of nitrogens with zero attached hydrogens (tertiary/aromatic N) is 2. The summed E-state index contributed by atoms with van der Waals surface area (Å²) in [4.78, 5) is 12.1. The van der Waals surface area contributed by atoms with Gasteiger partial charge in [-0.15, -0.1) is 0 Å². The molecule has 0 aliphatic rings. The first-order valence-corrected chi connectivity index (χ1v) is 8.03. The quantitative estimate of drug-likeness (QED) is 0.750. The van der Waals surface area contributed by atoms with Crippen molar-refractivity contribution in [1.29, 1.82) is 0 Å². The maximum atomic E-state index is 12.1. The Balaban J connectivity index is 1.57. The number of aliphatic hydroxyl groups excluding tert-OH is 1. The van der Waals surface area contributed by atoms with Crippen LogP contribution in [0.15, 0.2) is 28.7 Å². The smallest absolute Gasteiger partial charge is 0.251 e. The van der Waals surface area contributed by atoms with Crippen LogP contribution in [0.5, 0.6) is 0 Å². The van der Waals surface area contributed by atoms with Gasteiger partial charge in [0.2, 0.25) is 0 Å². The van der Waals surface area contributed by atoms with Crippen LogP contribution in [0.1, 0.15) is 40.0 Å². The van der Waals surface area contributed by atoms with Gasteiger partial charge in [0.15, 0.2) is 0 Å². The number of furan rings is 1. The third-order valence-corrected chi connectivity index (χ3v) is 4.21. The Morgan fingerprint density at radius 1 is 1.30 bits per heavy atom. The van der Waals surface area contributed by atoms with Gasteiger partial charge in [0.05, 0.1) is 17.8 Å². The molecule has 120 valence electrons. The number of fused-ring (bicyclic) bond motifs is 1. The van der Waals surface area contributed by atoms with Crippen molar-refractivity contribution in [2.24, 2.45) is 0 Å². The molecule has 1 unspecified atom stereocenters. The molecule has 0 radical (unpaired) electrons. The first kappa shape index (κ1) is 15.6. The minimum absolute atomic E-state index is 0.188. The van der Waals surface area contributed by atoms with E-state index in [0.29, 0.717) is 29.8 Å². The largest absolute Gasteiger partial charge is 0.466 e. The Labute approximate surface area is 137 Å². The minimum atomic E-state index is -0.655. The van der Waals surface area contributed by atoms with Gasteiger partial charge in [-0.05, 0) is 44.5 Å². The van der Waals surface area contributed by atoms with Crippen LogP contribution in [0.3, 0.4) is 0 Å². The number of hydrogen-bond donors (Lipinski definition) is 2. The van der Waals surface area contributed by atoms with Crippen LogP contribution in [0.25, 0.3) is 11.0 Å². The van der Waals surface area contributed by atoms with E-state index in [1.807, 2.05) is 19.9 Å². The highest BCUT2D eigenvalue weighted by Crippen LogP contribution is 2.23. The van der Waals surface area contributed by atoms with Gasteiger partial charge in [0.25, 0.3) is 5.91 Å². The second-order valence-electron chi connectivity index (χ2n) is 5.40. The lowest BCUT2D eigenvalue weighted by Crippen LogP contribution is -2.25. The molecular weight excluding hydrogens is 314 g/mol. The molecule has 0 fully saturated rings. The standard InChI is InChI=1S/C16H17N3O3S/c1-9-7-12(10(2)22-9)15(20)5-6-17-16(21)11-3-4-13-14(8-11)19-23-18-13/h3-4,7-8,15,20H,5-6H2,1-2H3,(H,17,21). The van der Waals surface area contributed by atoms with Crippen LogP contribution < -0.4 is 5.32 Å². The maximum Gasteiger partial charge on any atom is 0.251 e. The average molecular weight is 331 g/mol. The Hall–Kier alpha value is -2.25. The average Bonchev–Trinajstić information content (AvgIpc) is 3.12. The highest BCUT2D eigenvalue weighted by molar-refractivity contribution is 7.00. The molecule has 7 heteroatoms. The SMILES string of the molecule is Cc1cc(C(O)CCNC(=O)c2ccc3nsnc3c2)c(C)o1. The zero-order valence-corrected chi connectivity index (χ0v) is 13.7. The van der Waals surface area contributed by atoms with Crippen LogP contribution in [-0.4, -0.2) is 26.3 Å². The summed E-state index contributed by atoms with van der Waals surface area (Å²) in [5.74, 6) is 1.29. The minimum Gasteiger partial charge on any atom is -0.466 e. The van der Waals surface area contributed by atoms with Gasteiger partial charge in [-0.3, -0.25) is 4.79 Å². The van der Waals surface area contributed by atoms with E-state index in [-0.39, 0.29) is 5.91 Å². The molecule has 1 amide bonds. The van der Waals surface area contributed by atoms with Gasteiger partial charge >= 0.3 is 0 Å². The molecule has 2 heterocycles.